The molecular formula is C28H34F2N2O5S. The zero-order valence-electron chi connectivity index (χ0n) is 21.4. The summed E-state index contributed by atoms with van der Waals surface area (Å²) in [7, 11) is -3.70. The summed E-state index contributed by atoms with van der Waals surface area (Å²) in [6.07, 6.45) is 2.25. The van der Waals surface area contributed by atoms with Crippen molar-refractivity contribution in [3.8, 4) is 0 Å². The Morgan fingerprint density at radius 3 is 2.53 bits per heavy atom. The number of carbonyl (C=O) groups is 1. The maximum Gasteiger partial charge on any atom is 0.246 e. The fraction of sp³-hybridized carbons (Fsp3) is 0.536. The topological polar surface area (TPSA) is 93.7 Å². The number of benzene rings is 2. The van der Waals surface area contributed by atoms with Crippen LogP contribution in [-0.2, 0) is 36.1 Å². The van der Waals surface area contributed by atoms with E-state index in [0.29, 0.717) is 5.56 Å². The van der Waals surface area contributed by atoms with Crippen LogP contribution in [0.25, 0.3) is 0 Å². The van der Waals surface area contributed by atoms with E-state index in [1.54, 1.807) is 31.2 Å². The van der Waals surface area contributed by atoms with Gasteiger partial charge in [-0.05, 0) is 49.4 Å². The van der Waals surface area contributed by atoms with Gasteiger partial charge in [-0.25, -0.2) is 17.2 Å². The second-order valence-corrected chi connectivity index (χ2v) is 12.9. The van der Waals surface area contributed by atoms with Gasteiger partial charge in [-0.1, -0.05) is 30.3 Å². The molecule has 3 fully saturated rings. The molecule has 0 bridgehead atoms. The van der Waals surface area contributed by atoms with Gasteiger partial charge >= 0.3 is 0 Å². The summed E-state index contributed by atoms with van der Waals surface area (Å²) >= 11 is 0. The third kappa shape index (κ3) is 5.64. The molecule has 1 saturated carbocycles. The highest BCUT2D eigenvalue weighted by Crippen LogP contribution is 2.39. The molecule has 7 nitrogen and oxygen atoms in total. The number of amides is 1. The first-order valence-corrected chi connectivity index (χ1v) is 14.8. The second kappa shape index (κ2) is 11.0. The van der Waals surface area contributed by atoms with E-state index >= 15 is 8.78 Å². The lowest BCUT2D eigenvalue weighted by molar-refractivity contribution is -0.146. The van der Waals surface area contributed by atoms with E-state index in [1.807, 2.05) is 6.07 Å². The molecule has 2 aromatic rings. The summed E-state index contributed by atoms with van der Waals surface area (Å²) in [6.45, 7) is 2.33. The van der Waals surface area contributed by atoms with Crippen LogP contribution >= 0.6 is 0 Å². The van der Waals surface area contributed by atoms with Crippen molar-refractivity contribution < 1.29 is 31.5 Å². The third-order valence-electron chi connectivity index (χ3n) is 7.94. The van der Waals surface area contributed by atoms with E-state index in [9.17, 15) is 13.2 Å². The summed E-state index contributed by atoms with van der Waals surface area (Å²) in [5, 5.41) is 4.39. The molecular weight excluding hydrogens is 514 g/mol. The molecule has 2 heterocycles. The molecule has 10 heteroatoms. The van der Waals surface area contributed by atoms with Crippen LogP contribution in [0.3, 0.4) is 0 Å². The minimum atomic E-state index is -3.70. The minimum Gasteiger partial charge on any atom is -0.381 e. The van der Waals surface area contributed by atoms with Gasteiger partial charge in [0.05, 0.1) is 10.5 Å². The molecule has 5 rings (SSSR count). The Labute approximate surface area is 222 Å². The predicted octanol–water partition coefficient (Wildman–Crippen LogP) is 3.32. The average Bonchev–Trinajstić information content (AvgIpc) is 3.72. The van der Waals surface area contributed by atoms with Gasteiger partial charge in [0.15, 0.2) is 9.84 Å². The van der Waals surface area contributed by atoms with E-state index in [0.717, 1.165) is 25.0 Å². The van der Waals surface area contributed by atoms with Gasteiger partial charge in [-0.15, -0.1) is 0 Å². The first-order valence-electron chi connectivity index (χ1n) is 13.2. The average molecular weight is 549 g/mol. The van der Waals surface area contributed by atoms with E-state index < -0.39 is 43.6 Å². The van der Waals surface area contributed by atoms with Gasteiger partial charge < -0.3 is 20.1 Å². The molecule has 206 valence electrons. The van der Waals surface area contributed by atoms with Crippen molar-refractivity contribution in [2.45, 2.75) is 67.2 Å². The molecule has 3 atom stereocenters. The Kier molecular flexibility index (Phi) is 7.86. The number of hydrogen-bond donors (Lipinski definition) is 2. The second-order valence-electron chi connectivity index (χ2n) is 10.6. The first kappa shape index (κ1) is 27.2. The van der Waals surface area contributed by atoms with Crippen molar-refractivity contribution in [1.82, 2.24) is 10.6 Å². The predicted molar refractivity (Wildman–Crippen MR) is 138 cm³/mol. The number of ether oxygens (including phenoxy) is 2. The lowest BCUT2D eigenvalue weighted by atomic mass is 9.84. The summed E-state index contributed by atoms with van der Waals surface area (Å²) in [5.41, 5.74) is -0.507. The SMILES string of the molecule is C[C@@H]1NC[C@@H](c2ccccc2)S(=O)(=O)C1Cc1cc(F)c(C2(OCC(=O)NC3CC3)CCOCC2)cc1F. The lowest BCUT2D eigenvalue weighted by Gasteiger charge is -2.38. The van der Waals surface area contributed by atoms with Gasteiger partial charge in [-0.3, -0.25) is 4.79 Å². The Morgan fingerprint density at radius 1 is 1.13 bits per heavy atom. The van der Waals surface area contributed by atoms with E-state index in [4.69, 9.17) is 9.47 Å². The van der Waals surface area contributed by atoms with E-state index in [1.165, 1.54) is 0 Å². The smallest absolute Gasteiger partial charge is 0.246 e. The number of carbonyl (C=O) groups excluding carboxylic acids is 1. The van der Waals surface area contributed by atoms with E-state index in [-0.39, 0.29) is 68.7 Å². The highest BCUT2D eigenvalue weighted by atomic mass is 32.2. The highest BCUT2D eigenvalue weighted by molar-refractivity contribution is 7.92. The minimum absolute atomic E-state index is 0.00382. The molecule has 0 spiro atoms. The Hall–Kier alpha value is -2.40. The number of halogens is 2. The number of hydrogen-bond acceptors (Lipinski definition) is 6. The fourth-order valence-electron chi connectivity index (χ4n) is 5.51. The zero-order valence-corrected chi connectivity index (χ0v) is 22.2. The fourth-order valence-corrected chi connectivity index (χ4v) is 7.87. The van der Waals surface area contributed by atoms with Gasteiger partial charge in [0.25, 0.3) is 0 Å². The van der Waals surface area contributed by atoms with Crippen LogP contribution < -0.4 is 10.6 Å². The molecule has 0 radical (unpaired) electrons. The summed E-state index contributed by atoms with van der Waals surface area (Å²) < 4.78 is 69.8. The molecule has 3 aliphatic rings. The van der Waals surface area contributed by atoms with Gasteiger partial charge in [-0.2, -0.15) is 0 Å². The van der Waals surface area contributed by atoms with Crippen molar-refractivity contribution in [3.05, 3.63) is 70.8 Å². The highest BCUT2D eigenvalue weighted by Gasteiger charge is 2.44. The third-order valence-corrected chi connectivity index (χ3v) is 10.6. The van der Waals surface area contributed by atoms with Crippen molar-refractivity contribution in [2.75, 3.05) is 26.4 Å². The number of sulfone groups is 1. The normalized spacial score (nSPS) is 26.6. The van der Waals surface area contributed by atoms with Crippen molar-refractivity contribution in [1.29, 1.82) is 0 Å². The maximum atomic E-state index is 15.6. The van der Waals surface area contributed by atoms with Gasteiger partial charge in [0.1, 0.15) is 23.8 Å². The largest absolute Gasteiger partial charge is 0.381 e. The first-order chi connectivity index (χ1) is 18.2. The van der Waals surface area contributed by atoms with Gasteiger partial charge in [0, 0.05) is 50.2 Å². The molecule has 2 aliphatic heterocycles. The lowest BCUT2D eigenvalue weighted by Crippen LogP contribution is -2.53. The maximum absolute atomic E-state index is 15.6. The van der Waals surface area contributed by atoms with Crippen LogP contribution in [0.4, 0.5) is 8.78 Å². The zero-order chi connectivity index (χ0) is 26.9. The summed E-state index contributed by atoms with van der Waals surface area (Å²) in [6, 6.07) is 10.9. The molecule has 0 aromatic heterocycles. The summed E-state index contributed by atoms with van der Waals surface area (Å²) in [5.74, 6) is -1.66. The van der Waals surface area contributed by atoms with Gasteiger partial charge in [0.2, 0.25) is 5.91 Å². The van der Waals surface area contributed by atoms with Crippen molar-refractivity contribution >= 4 is 15.7 Å². The van der Waals surface area contributed by atoms with Crippen molar-refractivity contribution in [3.63, 3.8) is 0 Å². The molecule has 1 amide bonds. The number of nitrogens with one attached hydrogen (secondary N) is 2. The van der Waals surface area contributed by atoms with E-state index in [2.05, 4.69) is 10.6 Å². The molecule has 2 aromatic carbocycles. The molecule has 1 aliphatic carbocycles. The van der Waals surface area contributed by atoms with Crippen LogP contribution in [0.15, 0.2) is 42.5 Å². The van der Waals surface area contributed by atoms with Crippen LogP contribution in [0.1, 0.15) is 54.5 Å². The van der Waals surface area contributed by atoms with Crippen LogP contribution in [0.2, 0.25) is 0 Å². The summed E-state index contributed by atoms with van der Waals surface area (Å²) in [4.78, 5) is 12.3. The number of rotatable bonds is 8. The molecule has 2 saturated heterocycles. The Bertz CT molecular complexity index is 1260. The van der Waals surface area contributed by atoms with Crippen LogP contribution in [0, 0.1) is 11.6 Å². The molecule has 2 N–H and O–H groups in total. The molecule has 1 unspecified atom stereocenters. The Balaban J connectivity index is 1.39. The standard InChI is InChI=1S/C28H34F2N2O5S/c1-18-25(38(34,35)26(16-31-18)19-5-3-2-4-6-19)14-20-13-24(30)22(15-23(20)29)28(9-11-36-12-10-28)37-17-27(33)32-21-7-8-21/h2-6,13,15,18,21,25-26,31H,7-12,14,16-17H2,1H3,(H,32,33)/t18-,25?,26-/m0/s1. The quantitative estimate of drug-likeness (QED) is 0.526. The van der Waals surface area contributed by atoms with Crippen LogP contribution in [-0.4, -0.2) is 58.0 Å². The Morgan fingerprint density at radius 2 is 1.84 bits per heavy atom. The molecule has 38 heavy (non-hydrogen) atoms. The monoisotopic (exact) mass is 548 g/mol. The van der Waals surface area contributed by atoms with Crippen molar-refractivity contribution in [2.24, 2.45) is 0 Å². The van der Waals surface area contributed by atoms with Crippen LogP contribution in [0.5, 0.6) is 0 Å².